The molecule has 0 aromatic carbocycles. The quantitative estimate of drug-likeness (QED) is 0.935. The highest BCUT2D eigenvalue weighted by atomic mass is 16.3. The van der Waals surface area contributed by atoms with Crippen LogP contribution in [0.4, 0.5) is 0 Å². The first kappa shape index (κ1) is 14.8. The van der Waals surface area contributed by atoms with Crippen molar-refractivity contribution in [2.45, 2.75) is 32.7 Å². The van der Waals surface area contributed by atoms with Crippen LogP contribution in [0.2, 0.25) is 0 Å². The summed E-state index contributed by atoms with van der Waals surface area (Å²) in [6.07, 6.45) is 2.11. The molecule has 0 aliphatic heterocycles. The van der Waals surface area contributed by atoms with Gasteiger partial charge in [-0.15, -0.1) is 0 Å². The molecule has 1 atom stereocenters. The predicted molar refractivity (Wildman–Crippen MR) is 78.5 cm³/mol. The first-order valence-corrected chi connectivity index (χ1v) is 6.74. The number of nitriles is 1. The molecule has 21 heavy (non-hydrogen) atoms. The molecule has 2 aromatic heterocycles. The summed E-state index contributed by atoms with van der Waals surface area (Å²) in [7, 11) is 0. The average Bonchev–Trinajstić information content (AvgIpc) is 3.01. The van der Waals surface area contributed by atoms with Gasteiger partial charge in [-0.1, -0.05) is 6.92 Å². The van der Waals surface area contributed by atoms with Crippen LogP contribution in [-0.4, -0.2) is 16.4 Å². The third-order valence-electron chi connectivity index (χ3n) is 3.45. The second-order valence-corrected chi connectivity index (χ2v) is 5.06. The van der Waals surface area contributed by atoms with Crippen molar-refractivity contribution in [1.29, 1.82) is 5.26 Å². The lowest BCUT2D eigenvalue weighted by atomic mass is 10.00. The van der Waals surface area contributed by atoms with Crippen LogP contribution in [-0.2, 0) is 0 Å². The number of carbonyl (C=O) groups excluding carboxylic acids is 1. The molecule has 108 valence electrons. The van der Waals surface area contributed by atoms with Crippen molar-refractivity contribution in [3.05, 3.63) is 41.8 Å². The number of hydrogen-bond acceptors (Lipinski definition) is 4. The second-order valence-electron chi connectivity index (χ2n) is 5.06. The van der Waals surface area contributed by atoms with Gasteiger partial charge in [0.15, 0.2) is 5.76 Å². The van der Waals surface area contributed by atoms with Crippen molar-refractivity contribution in [2.24, 2.45) is 0 Å². The zero-order valence-electron chi connectivity index (χ0n) is 12.3. The average molecular weight is 283 g/mol. The summed E-state index contributed by atoms with van der Waals surface area (Å²) < 4.78 is 5.28. The minimum atomic E-state index is -0.872. The molecule has 0 aliphatic carbocycles. The van der Waals surface area contributed by atoms with Gasteiger partial charge in [0, 0.05) is 0 Å². The SMILES string of the molecule is CC[C@](C)(C#N)NC(=O)c1ccc(-c2ccco2)nc1C. The Morgan fingerprint density at radius 2 is 2.24 bits per heavy atom. The van der Waals surface area contributed by atoms with Crippen LogP contribution in [0.25, 0.3) is 11.5 Å². The maximum atomic E-state index is 12.3. The molecule has 0 unspecified atom stereocenters. The van der Waals surface area contributed by atoms with Crippen molar-refractivity contribution < 1.29 is 9.21 Å². The van der Waals surface area contributed by atoms with Gasteiger partial charge in [-0.2, -0.15) is 5.26 Å². The molecule has 0 radical (unpaired) electrons. The summed E-state index contributed by atoms with van der Waals surface area (Å²) in [5.41, 5.74) is 0.856. The standard InChI is InChI=1S/C16H17N3O2/c1-4-16(3,10-17)19-15(20)12-7-8-13(18-11(12)2)14-6-5-9-21-14/h5-9H,4H2,1-3H3,(H,19,20)/t16-/m1/s1. The van der Waals surface area contributed by atoms with Crippen LogP contribution in [0.15, 0.2) is 34.9 Å². The van der Waals surface area contributed by atoms with Gasteiger partial charge in [0.1, 0.15) is 11.2 Å². The van der Waals surface area contributed by atoms with Crippen molar-refractivity contribution in [3.63, 3.8) is 0 Å². The molecule has 0 aliphatic rings. The van der Waals surface area contributed by atoms with E-state index in [-0.39, 0.29) is 5.91 Å². The summed E-state index contributed by atoms with van der Waals surface area (Å²) in [6.45, 7) is 5.32. The van der Waals surface area contributed by atoms with Crippen molar-refractivity contribution in [2.75, 3.05) is 0 Å². The maximum absolute atomic E-state index is 12.3. The Hall–Kier alpha value is -2.61. The minimum Gasteiger partial charge on any atom is -0.463 e. The Labute approximate surface area is 123 Å². The van der Waals surface area contributed by atoms with E-state index >= 15 is 0 Å². The van der Waals surface area contributed by atoms with E-state index in [0.29, 0.717) is 29.1 Å². The predicted octanol–water partition coefficient (Wildman–Crippen LogP) is 3.07. The van der Waals surface area contributed by atoms with E-state index in [9.17, 15) is 4.79 Å². The van der Waals surface area contributed by atoms with Crippen LogP contribution in [0.1, 0.15) is 36.3 Å². The number of rotatable bonds is 4. The molecule has 2 heterocycles. The second kappa shape index (κ2) is 5.80. The first-order valence-electron chi connectivity index (χ1n) is 6.74. The Balaban J connectivity index is 2.26. The topological polar surface area (TPSA) is 78.9 Å². The van der Waals surface area contributed by atoms with E-state index in [1.54, 1.807) is 38.3 Å². The summed E-state index contributed by atoms with van der Waals surface area (Å²) in [5.74, 6) is 0.359. The number of aryl methyl sites for hydroxylation is 1. The van der Waals surface area contributed by atoms with Crippen LogP contribution in [0.5, 0.6) is 0 Å². The van der Waals surface area contributed by atoms with Gasteiger partial charge in [0.05, 0.1) is 23.6 Å². The van der Waals surface area contributed by atoms with E-state index in [0.717, 1.165) is 0 Å². The fraction of sp³-hybridized carbons (Fsp3) is 0.312. The van der Waals surface area contributed by atoms with Gasteiger partial charge in [-0.05, 0) is 44.5 Å². The highest BCUT2D eigenvalue weighted by molar-refractivity contribution is 5.96. The molecule has 5 nitrogen and oxygen atoms in total. The highest BCUT2D eigenvalue weighted by Crippen LogP contribution is 2.20. The number of pyridine rings is 1. The Bertz CT molecular complexity index is 686. The molecule has 2 rings (SSSR count). The number of aromatic nitrogens is 1. The smallest absolute Gasteiger partial charge is 0.254 e. The molecule has 0 saturated heterocycles. The number of nitrogens with one attached hydrogen (secondary N) is 1. The third kappa shape index (κ3) is 3.11. The van der Waals surface area contributed by atoms with Crippen molar-refractivity contribution >= 4 is 5.91 Å². The number of nitrogens with zero attached hydrogens (tertiary/aromatic N) is 2. The molecular weight excluding hydrogens is 266 g/mol. The maximum Gasteiger partial charge on any atom is 0.254 e. The Morgan fingerprint density at radius 1 is 1.48 bits per heavy atom. The molecule has 0 spiro atoms. The number of furan rings is 1. The Kier molecular flexibility index (Phi) is 4.08. The molecular formula is C16H17N3O2. The summed E-state index contributed by atoms with van der Waals surface area (Å²) in [6, 6.07) is 9.14. The largest absolute Gasteiger partial charge is 0.463 e. The summed E-state index contributed by atoms with van der Waals surface area (Å²) in [4.78, 5) is 16.7. The van der Waals surface area contributed by atoms with Crippen LogP contribution in [0.3, 0.4) is 0 Å². The molecule has 5 heteroatoms. The van der Waals surface area contributed by atoms with Gasteiger partial charge in [0.2, 0.25) is 0 Å². The lowest BCUT2D eigenvalue weighted by Crippen LogP contribution is -2.44. The lowest BCUT2D eigenvalue weighted by Gasteiger charge is -2.21. The van der Waals surface area contributed by atoms with Gasteiger partial charge in [-0.3, -0.25) is 4.79 Å². The van der Waals surface area contributed by atoms with Crippen LogP contribution in [0, 0.1) is 18.3 Å². The van der Waals surface area contributed by atoms with Crippen LogP contribution >= 0.6 is 0 Å². The van der Waals surface area contributed by atoms with Crippen molar-refractivity contribution in [1.82, 2.24) is 10.3 Å². The third-order valence-corrected chi connectivity index (χ3v) is 3.45. The highest BCUT2D eigenvalue weighted by Gasteiger charge is 2.25. The Morgan fingerprint density at radius 3 is 2.76 bits per heavy atom. The lowest BCUT2D eigenvalue weighted by molar-refractivity contribution is 0.0922. The molecule has 1 amide bonds. The summed E-state index contributed by atoms with van der Waals surface area (Å²) >= 11 is 0. The zero-order chi connectivity index (χ0) is 15.5. The number of hydrogen-bond donors (Lipinski definition) is 1. The zero-order valence-corrected chi connectivity index (χ0v) is 12.3. The van der Waals surface area contributed by atoms with E-state index in [4.69, 9.17) is 9.68 Å². The molecule has 1 N–H and O–H groups in total. The van der Waals surface area contributed by atoms with Gasteiger partial charge >= 0.3 is 0 Å². The molecule has 2 aromatic rings. The van der Waals surface area contributed by atoms with E-state index < -0.39 is 5.54 Å². The van der Waals surface area contributed by atoms with Gasteiger partial charge in [0.25, 0.3) is 5.91 Å². The fourth-order valence-electron chi connectivity index (χ4n) is 1.88. The monoisotopic (exact) mass is 283 g/mol. The molecule has 0 fully saturated rings. The first-order chi connectivity index (χ1) is 9.99. The van der Waals surface area contributed by atoms with E-state index in [1.165, 1.54) is 0 Å². The van der Waals surface area contributed by atoms with Gasteiger partial charge in [-0.25, -0.2) is 4.98 Å². The van der Waals surface area contributed by atoms with Crippen molar-refractivity contribution in [3.8, 4) is 17.5 Å². The minimum absolute atomic E-state index is 0.295. The van der Waals surface area contributed by atoms with Gasteiger partial charge < -0.3 is 9.73 Å². The molecule has 0 saturated carbocycles. The molecule has 0 bridgehead atoms. The summed E-state index contributed by atoms with van der Waals surface area (Å²) in [5, 5.41) is 11.9. The van der Waals surface area contributed by atoms with Crippen LogP contribution < -0.4 is 5.32 Å². The number of carbonyl (C=O) groups is 1. The normalized spacial score (nSPS) is 13.2. The fourth-order valence-corrected chi connectivity index (χ4v) is 1.88. The van der Waals surface area contributed by atoms with E-state index in [2.05, 4.69) is 16.4 Å². The van der Waals surface area contributed by atoms with E-state index in [1.807, 2.05) is 13.0 Å². The number of amides is 1.